The van der Waals surface area contributed by atoms with E-state index >= 15 is 0 Å². The predicted octanol–water partition coefficient (Wildman–Crippen LogP) is 2.48. The molecule has 0 N–H and O–H groups in total. The number of benzene rings is 1. The van der Waals surface area contributed by atoms with Gasteiger partial charge in [0, 0.05) is 36.9 Å². The highest BCUT2D eigenvalue weighted by atomic mass is 16.2. The lowest BCUT2D eigenvalue weighted by Crippen LogP contribution is -2.42. The lowest BCUT2D eigenvalue weighted by molar-refractivity contribution is 0.0651. The summed E-state index contributed by atoms with van der Waals surface area (Å²) in [5, 5.41) is 4.40. The Labute approximate surface area is 155 Å². The van der Waals surface area contributed by atoms with E-state index in [9.17, 15) is 4.79 Å². The molecule has 3 aromatic heterocycles. The summed E-state index contributed by atoms with van der Waals surface area (Å²) in [5.41, 5.74) is 3.06. The van der Waals surface area contributed by atoms with Gasteiger partial charge in [0.2, 0.25) is 5.82 Å². The van der Waals surface area contributed by atoms with Crippen molar-refractivity contribution in [2.45, 2.75) is 19.5 Å². The molecule has 0 bridgehead atoms. The Kier molecular flexibility index (Phi) is 3.53. The number of rotatable bonds is 2. The van der Waals surface area contributed by atoms with Crippen LogP contribution in [0.5, 0.6) is 0 Å². The van der Waals surface area contributed by atoms with Gasteiger partial charge in [-0.1, -0.05) is 30.3 Å². The number of hydrogen-bond acceptors (Lipinski definition) is 4. The summed E-state index contributed by atoms with van der Waals surface area (Å²) in [6, 6.07) is 15.9. The van der Waals surface area contributed by atoms with Crippen molar-refractivity contribution in [2.75, 3.05) is 6.54 Å². The molecular weight excluding hydrogens is 340 g/mol. The molecule has 0 fully saturated rings. The van der Waals surface area contributed by atoms with E-state index in [-0.39, 0.29) is 17.8 Å². The summed E-state index contributed by atoms with van der Waals surface area (Å²) in [7, 11) is 0. The normalized spacial score (nSPS) is 16.5. The zero-order valence-electron chi connectivity index (χ0n) is 14.9. The Bertz CT molecular complexity index is 1130. The van der Waals surface area contributed by atoms with E-state index in [0.29, 0.717) is 12.3 Å². The highest BCUT2D eigenvalue weighted by Crippen LogP contribution is 2.33. The Morgan fingerprint density at radius 3 is 2.74 bits per heavy atom. The molecule has 4 heterocycles. The summed E-state index contributed by atoms with van der Waals surface area (Å²) in [5.74, 6) is 0.439. The van der Waals surface area contributed by atoms with Gasteiger partial charge in [-0.25, -0.2) is 9.50 Å². The lowest BCUT2D eigenvalue weighted by atomic mass is 10.00. The highest BCUT2D eigenvalue weighted by molar-refractivity contribution is 5.91. The summed E-state index contributed by atoms with van der Waals surface area (Å²) in [6.45, 7) is 3.27. The van der Waals surface area contributed by atoms with Crippen LogP contribution in [0.4, 0.5) is 0 Å². The van der Waals surface area contributed by atoms with Crippen LogP contribution in [0.15, 0.2) is 60.9 Å². The van der Waals surface area contributed by atoms with Crippen molar-refractivity contribution in [3.8, 4) is 0 Å². The van der Waals surface area contributed by atoms with Gasteiger partial charge in [-0.2, -0.15) is 4.98 Å². The first-order valence-corrected chi connectivity index (χ1v) is 8.92. The van der Waals surface area contributed by atoms with Crippen molar-refractivity contribution in [3.05, 3.63) is 83.7 Å². The summed E-state index contributed by atoms with van der Waals surface area (Å²) in [4.78, 5) is 23.8. The van der Waals surface area contributed by atoms with Gasteiger partial charge in [0.05, 0.1) is 6.04 Å². The average molecular weight is 358 g/mol. The van der Waals surface area contributed by atoms with Crippen LogP contribution in [-0.2, 0) is 6.54 Å². The Hall–Kier alpha value is -3.48. The standard InChI is InChI=1S/C20H18N6O/c1-14-9-10-21-20-22-18(23-26(14)20)19(27)25-13-12-24-11-5-8-16(24)17(25)15-6-3-2-4-7-15/h2-11,17H,12-13H2,1H3/t17-/m0/s1. The summed E-state index contributed by atoms with van der Waals surface area (Å²) in [6.07, 6.45) is 3.73. The molecule has 7 nitrogen and oxygen atoms in total. The van der Waals surface area contributed by atoms with Crippen molar-refractivity contribution in [3.63, 3.8) is 0 Å². The molecule has 1 atom stereocenters. The molecule has 0 saturated carbocycles. The minimum atomic E-state index is -0.179. The third-order valence-corrected chi connectivity index (χ3v) is 5.04. The lowest BCUT2D eigenvalue weighted by Gasteiger charge is -2.36. The molecule has 1 aromatic carbocycles. The number of carbonyl (C=O) groups is 1. The SMILES string of the molecule is Cc1ccnc2nc(C(=O)N3CCn4cccc4[C@@H]3c3ccccc3)nn12. The van der Waals surface area contributed by atoms with E-state index in [1.54, 1.807) is 10.7 Å². The molecule has 0 unspecified atom stereocenters. The van der Waals surface area contributed by atoms with Gasteiger partial charge in [-0.3, -0.25) is 4.79 Å². The van der Waals surface area contributed by atoms with Gasteiger partial charge in [0.1, 0.15) is 0 Å². The number of aryl methyl sites for hydroxylation is 1. The molecule has 7 heteroatoms. The predicted molar refractivity (Wildman–Crippen MR) is 99.3 cm³/mol. The van der Waals surface area contributed by atoms with Gasteiger partial charge < -0.3 is 9.47 Å². The zero-order chi connectivity index (χ0) is 18.4. The molecule has 27 heavy (non-hydrogen) atoms. The molecule has 1 amide bonds. The Balaban J connectivity index is 1.59. The number of fused-ring (bicyclic) bond motifs is 2. The van der Waals surface area contributed by atoms with Gasteiger partial charge in [0.15, 0.2) is 0 Å². The van der Waals surface area contributed by atoms with Gasteiger partial charge in [-0.15, -0.1) is 5.10 Å². The van der Waals surface area contributed by atoms with Crippen LogP contribution in [0.3, 0.4) is 0 Å². The molecule has 0 radical (unpaired) electrons. The summed E-state index contributed by atoms with van der Waals surface area (Å²) >= 11 is 0. The Morgan fingerprint density at radius 1 is 1.07 bits per heavy atom. The quantitative estimate of drug-likeness (QED) is 0.552. The molecule has 5 rings (SSSR count). The van der Waals surface area contributed by atoms with Crippen molar-refractivity contribution in [1.82, 2.24) is 29.0 Å². The van der Waals surface area contributed by atoms with Crippen molar-refractivity contribution in [2.24, 2.45) is 0 Å². The van der Waals surface area contributed by atoms with E-state index < -0.39 is 0 Å². The van der Waals surface area contributed by atoms with Crippen LogP contribution in [0.1, 0.15) is 33.6 Å². The van der Waals surface area contributed by atoms with Crippen LogP contribution in [0.25, 0.3) is 5.78 Å². The number of amides is 1. The van der Waals surface area contributed by atoms with Crippen LogP contribution >= 0.6 is 0 Å². The third-order valence-electron chi connectivity index (χ3n) is 5.04. The van der Waals surface area contributed by atoms with Crippen LogP contribution in [-0.4, -0.2) is 41.5 Å². The van der Waals surface area contributed by atoms with Crippen LogP contribution in [0, 0.1) is 6.92 Å². The maximum absolute atomic E-state index is 13.3. The zero-order valence-corrected chi connectivity index (χ0v) is 14.9. The van der Waals surface area contributed by atoms with Gasteiger partial charge in [0.25, 0.3) is 11.7 Å². The second-order valence-electron chi connectivity index (χ2n) is 6.67. The van der Waals surface area contributed by atoms with E-state index in [0.717, 1.165) is 23.5 Å². The second-order valence-corrected chi connectivity index (χ2v) is 6.67. The van der Waals surface area contributed by atoms with E-state index in [4.69, 9.17) is 0 Å². The highest BCUT2D eigenvalue weighted by Gasteiger charge is 2.34. The molecule has 0 aliphatic carbocycles. The smallest absolute Gasteiger partial charge is 0.294 e. The van der Waals surface area contributed by atoms with Crippen LogP contribution in [0.2, 0.25) is 0 Å². The molecule has 134 valence electrons. The van der Waals surface area contributed by atoms with Crippen molar-refractivity contribution < 1.29 is 4.79 Å². The van der Waals surface area contributed by atoms with Crippen LogP contribution < -0.4 is 0 Å². The fourth-order valence-electron chi connectivity index (χ4n) is 3.71. The molecular formula is C20H18N6O. The molecule has 0 spiro atoms. The fraction of sp³-hybridized carbons (Fsp3) is 0.200. The topological polar surface area (TPSA) is 68.3 Å². The molecule has 0 saturated heterocycles. The molecule has 4 aromatic rings. The Morgan fingerprint density at radius 2 is 1.93 bits per heavy atom. The number of aromatic nitrogens is 5. The summed E-state index contributed by atoms with van der Waals surface area (Å²) < 4.78 is 3.81. The second kappa shape index (κ2) is 6.05. The average Bonchev–Trinajstić information content (AvgIpc) is 3.35. The van der Waals surface area contributed by atoms with E-state index in [1.807, 2.05) is 42.2 Å². The fourth-order valence-corrected chi connectivity index (χ4v) is 3.71. The number of hydrogen-bond donors (Lipinski definition) is 0. The minimum absolute atomic E-state index is 0.164. The van der Waals surface area contributed by atoms with Crippen molar-refractivity contribution >= 4 is 11.7 Å². The first-order valence-electron chi connectivity index (χ1n) is 8.92. The minimum Gasteiger partial charge on any atom is -0.348 e. The van der Waals surface area contributed by atoms with E-state index in [1.165, 1.54) is 0 Å². The monoisotopic (exact) mass is 358 g/mol. The van der Waals surface area contributed by atoms with Gasteiger partial charge in [-0.05, 0) is 30.7 Å². The number of nitrogens with zero attached hydrogens (tertiary/aromatic N) is 6. The first-order chi connectivity index (χ1) is 13.2. The molecule has 1 aliphatic rings. The third kappa shape index (κ3) is 2.51. The van der Waals surface area contributed by atoms with Crippen molar-refractivity contribution in [1.29, 1.82) is 0 Å². The maximum atomic E-state index is 13.3. The number of carbonyl (C=O) groups excluding carboxylic acids is 1. The largest absolute Gasteiger partial charge is 0.348 e. The van der Waals surface area contributed by atoms with Gasteiger partial charge >= 0.3 is 0 Å². The van der Waals surface area contributed by atoms with E-state index in [2.05, 4.69) is 44.0 Å². The molecule has 1 aliphatic heterocycles. The maximum Gasteiger partial charge on any atom is 0.294 e. The first kappa shape index (κ1) is 15.7.